The molecule has 0 saturated carbocycles. The summed E-state index contributed by atoms with van der Waals surface area (Å²) in [6.07, 6.45) is 0. The highest BCUT2D eigenvalue weighted by Crippen LogP contribution is 2.25. The SMILES string of the molecule is CC(=O)NCCNC(=O)C1CNNC1c1cccc(F)c1. The molecule has 0 radical (unpaired) electrons. The second-order valence-electron chi connectivity index (χ2n) is 4.94. The van der Waals surface area contributed by atoms with E-state index in [0.717, 1.165) is 5.56 Å². The van der Waals surface area contributed by atoms with Crippen LogP contribution in [0.4, 0.5) is 4.39 Å². The van der Waals surface area contributed by atoms with Crippen LogP contribution in [0.25, 0.3) is 0 Å². The predicted octanol–water partition coefficient (Wildman–Crippen LogP) is -0.157. The maximum Gasteiger partial charge on any atom is 0.226 e. The first-order valence-electron chi connectivity index (χ1n) is 6.84. The van der Waals surface area contributed by atoms with Crippen LogP contribution in [0.3, 0.4) is 0 Å². The first-order valence-corrected chi connectivity index (χ1v) is 6.84. The van der Waals surface area contributed by atoms with Crippen LogP contribution in [-0.2, 0) is 9.59 Å². The van der Waals surface area contributed by atoms with Crippen LogP contribution in [0.5, 0.6) is 0 Å². The quantitative estimate of drug-likeness (QED) is 0.569. The standard InChI is InChI=1S/C14H19FN4O2/c1-9(20)16-5-6-17-14(21)12-8-18-19-13(12)10-3-2-4-11(15)7-10/h2-4,7,12-13,18-19H,5-6,8H2,1H3,(H,16,20)(H,17,21). The zero-order valence-electron chi connectivity index (χ0n) is 11.8. The average Bonchev–Trinajstić information content (AvgIpc) is 2.92. The third-order valence-corrected chi connectivity index (χ3v) is 3.32. The topological polar surface area (TPSA) is 82.3 Å². The van der Waals surface area contributed by atoms with Gasteiger partial charge in [0.2, 0.25) is 11.8 Å². The van der Waals surface area contributed by atoms with Crippen molar-refractivity contribution in [3.8, 4) is 0 Å². The van der Waals surface area contributed by atoms with Crippen LogP contribution in [-0.4, -0.2) is 31.4 Å². The minimum absolute atomic E-state index is 0.132. The van der Waals surface area contributed by atoms with Gasteiger partial charge in [0.25, 0.3) is 0 Å². The van der Waals surface area contributed by atoms with Gasteiger partial charge in [-0.2, -0.15) is 0 Å². The number of nitrogens with one attached hydrogen (secondary N) is 4. The van der Waals surface area contributed by atoms with Crippen molar-refractivity contribution in [3.63, 3.8) is 0 Å². The van der Waals surface area contributed by atoms with Gasteiger partial charge in [-0.3, -0.25) is 15.0 Å². The first-order chi connectivity index (χ1) is 10.1. The van der Waals surface area contributed by atoms with E-state index in [-0.39, 0.29) is 29.6 Å². The molecule has 2 unspecified atom stereocenters. The largest absolute Gasteiger partial charge is 0.355 e. The lowest BCUT2D eigenvalue weighted by Gasteiger charge is -2.18. The molecular formula is C14H19FN4O2. The Labute approximate surface area is 122 Å². The molecule has 2 amide bonds. The normalized spacial score (nSPS) is 21.0. The molecule has 0 bridgehead atoms. The third-order valence-electron chi connectivity index (χ3n) is 3.32. The molecule has 1 aliphatic rings. The van der Waals surface area contributed by atoms with Crippen molar-refractivity contribution in [3.05, 3.63) is 35.6 Å². The molecular weight excluding hydrogens is 275 g/mol. The Bertz CT molecular complexity index is 523. The Balaban J connectivity index is 1.92. The number of halogens is 1. The van der Waals surface area contributed by atoms with E-state index in [4.69, 9.17) is 0 Å². The summed E-state index contributed by atoms with van der Waals surface area (Å²) in [5.74, 6) is -0.923. The summed E-state index contributed by atoms with van der Waals surface area (Å²) in [6.45, 7) is 2.64. The van der Waals surface area contributed by atoms with E-state index in [9.17, 15) is 14.0 Å². The van der Waals surface area contributed by atoms with E-state index >= 15 is 0 Å². The van der Waals surface area contributed by atoms with Crippen LogP contribution >= 0.6 is 0 Å². The molecule has 1 heterocycles. The lowest BCUT2D eigenvalue weighted by Crippen LogP contribution is -2.39. The highest BCUT2D eigenvalue weighted by Gasteiger charge is 2.33. The zero-order chi connectivity index (χ0) is 15.2. The van der Waals surface area contributed by atoms with Crippen LogP contribution in [0.1, 0.15) is 18.5 Å². The smallest absolute Gasteiger partial charge is 0.226 e. The van der Waals surface area contributed by atoms with E-state index in [0.29, 0.717) is 19.6 Å². The second kappa shape index (κ2) is 7.14. The molecule has 0 spiro atoms. The van der Waals surface area contributed by atoms with E-state index in [1.807, 2.05) is 0 Å². The van der Waals surface area contributed by atoms with Gasteiger partial charge in [0, 0.05) is 26.6 Å². The van der Waals surface area contributed by atoms with Gasteiger partial charge >= 0.3 is 0 Å². The van der Waals surface area contributed by atoms with Gasteiger partial charge < -0.3 is 10.6 Å². The summed E-state index contributed by atoms with van der Waals surface area (Å²) >= 11 is 0. The molecule has 7 heteroatoms. The molecule has 1 saturated heterocycles. The number of rotatable bonds is 5. The fourth-order valence-electron chi connectivity index (χ4n) is 2.31. The maximum absolute atomic E-state index is 13.3. The Morgan fingerprint density at radius 3 is 2.81 bits per heavy atom. The molecule has 21 heavy (non-hydrogen) atoms. The molecule has 4 N–H and O–H groups in total. The van der Waals surface area contributed by atoms with Crippen molar-refractivity contribution in [2.24, 2.45) is 5.92 Å². The summed E-state index contributed by atoms with van der Waals surface area (Å²) in [5.41, 5.74) is 6.64. The molecule has 1 aliphatic heterocycles. The second-order valence-corrected chi connectivity index (χ2v) is 4.94. The van der Waals surface area contributed by atoms with Gasteiger partial charge in [0.05, 0.1) is 12.0 Å². The van der Waals surface area contributed by atoms with Crippen molar-refractivity contribution in [2.45, 2.75) is 13.0 Å². The predicted molar refractivity (Wildman–Crippen MR) is 75.5 cm³/mol. The lowest BCUT2D eigenvalue weighted by molar-refractivity contribution is -0.125. The van der Waals surface area contributed by atoms with Gasteiger partial charge in [0.1, 0.15) is 5.82 Å². The number of amides is 2. The molecule has 2 rings (SSSR count). The van der Waals surface area contributed by atoms with E-state index in [1.165, 1.54) is 19.1 Å². The number of hydrogen-bond acceptors (Lipinski definition) is 4. The number of carbonyl (C=O) groups is 2. The molecule has 1 aromatic carbocycles. The Hall–Kier alpha value is -1.99. The van der Waals surface area contributed by atoms with Crippen molar-refractivity contribution in [2.75, 3.05) is 19.6 Å². The fourth-order valence-corrected chi connectivity index (χ4v) is 2.31. The molecule has 1 fully saturated rings. The molecule has 2 atom stereocenters. The van der Waals surface area contributed by atoms with Gasteiger partial charge in [-0.1, -0.05) is 12.1 Å². The number of hydrazine groups is 1. The minimum Gasteiger partial charge on any atom is -0.355 e. The van der Waals surface area contributed by atoms with Crippen molar-refractivity contribution in [1.29, 1.82) is 0 Å². The molecule has 114 valence electrons. The summed E-state index contributed by atoms with van der Waals surface area (Å²) in [4.78, 5) is 22.9. The summed E-state index contributed by atoms with van der Waals surface area (Å²) in [7, 11) is 0. The zero-order valence-corrected chi connectivity index (χ0v) is 11.8. The Morgan fingerprint density at radius 2 is 2.10 bits per heavy atom. The van der Waals surface area contributed by atoms with Gasteiger partial charge in [-0.25, -0.2) is 9.82 Å². The molecule has 1 aromatic rings. The maximum atomic E-state index is 13.3. The van der Waals surface area contributed by atoms with Crippen molar-refractivity contribution >= 4 is 11.8 Å². The van der Waals surface area contributed by atoms with Crippen molar-refractivity contribution in [1.82, 2.24) is 21.5 Å². The lowest BCUT2D eigenvalue weighted by atomic mass is 9.94. The van der Waals surface area contributed by atoms with Gasteiger partial charge in [0.15, 0.2) is 0 Å². The van der Waals surface area contributed by atoms with Gasteiger partial charge in [-0.05, 0) is 17.7 Å². The molecule has 0 aromatic heterocycles. The molecule has 0 aliphatic carbocycles. The number of carbonyl (C=O) groups excluding carboxylic acids is 2. The van der Waals surface area contributed by atoms with E-state index in [2.05, 4.69) is 21.5 Å². The summed E-state index contributed by atoms with van der Waals surface area (Å²) < 4.78 is 13.3. The van der Waals surface area contributed by atoms with Crippen LogP contribution < -0.4 is 21.5 Å². The monoisotopic (exact) mass is 294 g/mol. The van der Waals surface area contributed by atoms with Crippen LogP contribution in [0.2, 0.25) is 0 Å². The summed E-state index contributed by atoms with van der Waals surface area (Å²) in [5, 5.41) is 5.37. The highest BCUT2D eigenvalue weighted by atomic mass is 19.1. The number of benzene rings is 1. The highest BCUT2D eigenvalue weighted by molar-refractivity contribution is 5.80. The average molecular weight is 294 g/mol. The molecule has 6 nitrogen and oxygen atoms in total. The summed E-state index contributed by atoms with van der Waals surface area (Å²) in [6, 6.07) is 5.92. The minimum atomic E-state index is -0.330. The Morgan fingerprint density at radius 1 is 1.33 bits per heavy atom. The van der Waals surface area contributed by atoms with E-state index in [1.54, 1.807) is 12.1 Å². The van der Waals surface area contributed by atoms with Crippen LogP contribution in [0.15, 0.2) is 24.3 Å². The number of hydrogen-bond donors (Lipinski definition) is 4. The van der Waals surface area contributed by atoms with Crippen molar-refractivity contribution < 1.29 is 14.0 Å². The third kappa shape index (κ3) is 4.24. The van der Waals surface area contributed by atoms with Crippen LogP contribution in [0, 0.1) is 11.7 Å². The Kier molecular flexibility index (Phi) is 5.24. The fraction of sp³-hybridized carbons (Fsp3) is 0.429. The first kappa shape index (κ1) is 15.4. The van der Waals surface area contributed by atoms with Gasteiger partial charge in [-0.15, -0.1) is 0 Å². The van der Waals surface area contributed by atoms with E-state index < -0.39 is 0 Å².